The third kappa shape index (κ3) is 5.53. The summed E-state index contributed by atoms with van der Waals surface area (Å²) in [6.07, 6.45) is -3.55. The van der Waals surface area contributed by atoms with Crippen LogP contribution < -0.4 is 10.6 Å². The van der Waals surface area contributed by atoms with Gasteiger partial charge in [0.1, 0.15) is 11.6 Å². The highest BCUT2D eigenvalue weighted by atomic mass is 19.4. The highest BCUT2D eigenvalue weighted by Crippen LogP contribution is 2.28. The van der Waals surface area contributed by atoms with Gasteiger partial charge in [-0.2, -0.15) is 13.2 Å². The molecular formula is C16H15F4N3O. The Morgan fingerprint density at radius 1 is 1.04 bits per heavy atom. The number of carbonyl (C=O) groups is 1. The van der Waals surface area contributed by atoms with E-state index in [1.165, 1.54) is 30.3 Å². The van der Waals surface area contributed by atoms with Gasteiger partial charge in [0.15, 0.2) is 0 Å². The van der Waals surface area contributed by atoms with Gasteiger partial charge in [-0.05, 0) is 29.8 Å². The molecule has 1 heterocycles. The lowest BCUT2D eigenvalue weighted by Crippen LogP contribution is -2.30. The van der Waals surface area contributed by atoms with Crippen molar-refractivity contribution in [1.82, 2.24) is 10.3 Å². The number of rotatable bonds is 6. The van der Waals surface area contributed by atoms with Gasteiger partial charge in [-0.1, -0.05) is 12.1 Å². The number of halogens is 4. The second-order valence-corrected chi connectivity index (χ2v) is 5.01. The highest BCUT2D eigenvalue weighted by molar-refractivity contribution is 5.78. The van der Waals surface area contributed by atoms with E-state index in [0.717, 1.165) is 12.3 Å². The van der Waals surface area contributed by atoms with Crippen LogP contribution in [0.5, 0.6) is 0 Å². The molecule has 4 nitrogen and oxygen atoms in total. The number of pyridine rings is 1. The molecule has 0 saturated heterocycles. The molecule has 0 spiro atoms. The van der Waals surface area contributed by atoms with Crippen LogP contribution in [0.1, 0.15) is 11.1 Å². The van der Waals surface area contributed by atoms with Crippen LogP contribution in [0.3, 0.4) is 0 Å². The zero-order chi connectivity index (χ0) is 17.6. The molecule has 0 atom stereocenters. The van der Waals surface area contributed by atoms with E-state index in [1.807, 2.05) is 0 Å². The molecule has 0 aliphatic rings. The van der Waals surface area contributed by atoms with E-state index < -0.39 is 11.7 Å². The van der Waals surface area contributed by atoms with E-state index in [1.54, 1.807) is 0 Å². The number of nitrogens with one attached hydrogen (secondary N) is 2. The van der Waals surface area contributed by atoms with E-state index in [4.69, 9.17) is 0 Å². The molecule has 1 aromatic carbocycles. The minimum Gasteiger partial charge on any atom is -0.368 e. The van der Waals surface area contributed by atoms with Crippen LogP contribution >= 0.6 is 0 Å². The quantitative estimate of drug-likeness (QED) is 0.627. The Hall–Kier alpha value is -2.64. The minimum absolute atomic E-state index is 0.124. The van der Waals surface area contributed by atoms with Gasteiger partial charge in [-0.3, -0.25) is 4.79 Å². The Labute approximate surface area is 135 Å². The standard InChI is InChI=1S/C16H15F4N3O/c17-13-4-1-11(2-5-13)9-15(24)22-8-7-21-14-6-3-12(10-23-14)16(18,19)20/h1-6,10H,7-9H2,(H,21,23)(H,22,24). The summed E-state index contributed by atoms with van der Waals surface area (Å²) in [5.74, 6) is -0.313. The third-order valence-electron chi connectivity index (χ3n) is 3.12. The average molecular weight is 341 g/mol. The van der Waals surface area contributed by atoms with Crippen molar-refractivity contribution in [3.63, 3.8) is 0 Å². The number of benzene rings is 1. The van der Waals surface area contributed by atoms with E-state index >= 15 is 0 Å². The second-order valence-electron chi connectivity index (χ2n) is 5.01. The summed E-state index contributed by atoms with van der Waals surface area (Å²) < 4.78 is 49.9. The van der Waals surface area contributed by atoms with Gasteiger partial charge in [-0.25, -0.2) is 9.37 Å². The van der Waals surface area contributed by atoms with Crippen LogP contribution in [0.2, 0.25) is 0 Å². The number of nitrogens with zero attached hydrogens (tertiary/aromatic N) is 1. The molecule has 1 aromatic heterocycles. The Morgan fingerprint density at radius 2 is 1.75 bits per heavy atom. The van der Waals surface area contributed by atoms with Crippen molar-refractivity contribution in [1.29, 1.82) is 0 Å². The topological polar surface area (TPSA) is 54.0 Å². The summed E-state index contributed by atoms with van der Waals surface area (Å²) in [7, 11) is 0. The fraction of sp³-hybridized carbons (Fsp3) is 0.250. The summed E-state index contributed by atoms with van der Waals surface area (Å²) in [6, 6.07) is 7.77. The Kier molecular flexibility index (Phi) is 5.73. The smallest absolute Gasteiger partial charge is 0.368 e. The number of carbonyl (C=O) groups excluding carboxylic acids is 1. The van der Waals surface area contributed by atoms with E-state index in [-0.39, 0.29) is 30.5 Å². The van der Waals surface area contributed by atoms with Crippen molar-refractivity contribution in [2.24, 2.45) is 0 Å². The number of hydrogen-bond acceptors (Lipinski definition) is 3. The van der Waals surface area contributed by atoms with Crippen LogP contribution in [0.15, 0.2) is 42.6 Å². The zero-order valence-corrected chi connectivity index (χ0v) is 12.5. The van der Waals surface area contributed by atoms with Crippen molar-refractivity contribution >= 4 is 11.7 Å². The van der Waals surface area contributed by atoms with Crippen molar-refractivity contribution in [3.05, 3.63) is 59.5 Å². The van der Waals surface area contributed by atoms with Gasteiger partial charge in [-0.15, -0.1) is 0 Å². The van der Waals surface area contributed by atoms with Crippen molar-refractivity contribution in [2.45, 2.75) is 12.6 Å². The number of aromatic nitrogens is 1. The van der Waals surface area contributed by atoms with Gasteiger partial charge in [0.2, 0.25) is 5.91 Å². The number of hydrogen-bond donors (Lipinski definition) is 2. The molecular weight excluding hydrogens is 326 g/mol. The van der Waals surface area contributed by atoms with E-state index in [9.17, 15) is 22.4 Å². The summed E-state index contributed by atoms with van der Waals surface area (Å²) in [5, 5.41) is 5.46. The van der Waals surface area contributed by atoms with Crippen molar-refractivity contribution < 1.29 is 22.4 Å². The maximum atomic E-state index is 12.7. The second kappa shape index (κ2) is 7.76. The van der Waals surface area contributed by atoms with Gasteiger partial charge in [0, 0.05) is 19.3 Å². The first-order valence-corrected chi connectivity index (χ1v) is 7.13. The van der Waals surface area contributed by atoms with Crippen LogP contribution in [0.4, 0.5) is 23.4 Å². The molecule has 0 aliphatic carbocycles. The molecule has 0 bridgehead atoms. The fourth-order valence-corrected chi connectivity index (χ4v) is 1.91. The molecule has 24 heavy (non-hydrogen) atoms. The molecule has 0 radical (unpaired) electrons. The molecule has 0 saturated carbocycles. The van der Waals surface area contributed by atoms with E-state index in [2.05, 4.69) is 15.6 Å². The maximum absolute atomic E-state index is 12.7. The molecule has 0 unspecified atom stereocenters. The predicted molar refractivity (Wildman–Crippen MR) is 80.8 cm³/mol. The molecule has 2 rings (SSSR count). The Bertz CT molecular complexity index is 669. The molecule has 1 amide bonds. The summed E-state index contributed by atoms with van der Waals surface area (Å²) in [4.78, 5) is 15.3. The predicted octanol–water partition coefficient (Wildman–Crippen LogP) is 3.01. The van der Waals surface area contributed by atoms with E-state index in [0.29, 0.717) is 12.1 Å². The number of anilines is 1. The highest BCUT2D eigenvalue weighted by Gasteiger charge is 2.30. The Morgan fingerprint density at radius 3 is 2.33 bits per heavy atom. The normalized spacial score (nSPS) is 11.2. The first-order chi connectivity index (χ1) is 11.3. The van der Waals surface area contributed by atoms with Crippen LogP contribution in [0.25, 0.3) is 0 Å². The molecule has 0 fully saturated rings. The van der Waals surface area contributed by atoms with Crippen molar-refractivity contribution in [2.75, 3.05) is 18.4 Å². The maximum Gasteiger partial charge on any atom is 0.417 e. The first kappa shape index (κ1) is 17.7. The number of alkyl halides is 3. The molecule has 128 valence electrons. The van der Waals surface area contributed by atoms with Gasteiger partial charge < -0.3 is 10.6 Å². The van der Waals surface area contributed by atoms with Crippen LogP contribution in [-0.2, 0) is 17.4 Å². The third-order valence-corrected chi connectivity index (χ3v) is 3.12. The average Bonchev–Trinajstić information content (AvgIpc) is 2.53. The van der Waals surface area contributed by atoms with Crippen molar-refractivity contribution in [3.8, 4) is 0 Å². The molecule has 8 heteroatoms. The SMILES string of the molecule is O=C(Cc1ccc(F)cc1)NCCNc1ccc(C(F)(F)F)cn1. The zero-order valence-electron chi connectivity index (χ0n) is 12.5. The van der Waals surface area contributed by atoms with Gasteiger partial charge >= 0.3 is 6.18 Å². The lowest BCUT2D eigenvalue weighted by molar-refractivity contribution is -0.137. The first-order valence-electron chi connectivity index (χ1n) is 7.13. The van der Waals surface area contributed by atoms with Gasteiger partial charge in [0.25, 0.3) is 0 Å². The van der Waals surface area contributed by atoms with Gasteiger partial charge in [0.05, 0.1) is 12.0 Å². The van der Waals surface area contributed by atoms with Crippen LogP contribution in [0, 0.1) is 5.82 Å². The fourth-order valence-electron chi connectivity index (χ4n) is 1.91. The monoisotopic (exact) mass is 341 g/mol. The minimum atomic E-state index is -4.42. The molecule has 2 N–H and O–H groups in total. The largest absolute Gasteiger partial charge is 0.417 e. The molecule has 2 aromatic rings. The number of amides is 1. The lowest BCUT2D eigenvalue weighted by atomic mass is 10.1. The summed E-state index contributed by atoms with van der Waals surface area (Å²) in [6.45, 7) is 0.594. The van der Waals surface area contributed by atoms with Crippen LogP contribution in [-0.4, -0.2) is 24.0 Å². The Balaban J connectivity index is 1.70. The summed E-state index contributed by atoms with van der Waals surface area (Å²) >= 11 is 0. The summed E-state index contributed by atoms with van der Waals surface area (Å²) in [5.41, 5.74) is -0.132. The molecule has 0 aliphatic heterocycles. The lowest BCUT2D eigenvalue weighted by Gasteiger charge is -2.09.